The molecule has 5 nitrogen and oxygen atoms in total. The van der Waals surface area contributed by atoms with E-state index in [1.54, 1.807) is 31.2 Å². The van der Waals surface area contributed by atoms with Crippen LogP contribution >= 0.6 is 15.9 Å². The molecule has 0 bridgehead atoms. The van der Waals surface area contributed by atoms with E-state index in [2.05, 4.69) is 20.7 Å². The van der Waals surface area contributed by atoms with Crippen molar-refractivity contribution < 1.29 is 17.9 Å². The maximum atomic E-state index is 12.3. The first-order chi connectivity index (χ1) is 9.94. The van der Waals surface area contributed by atoms with Gasteiger partial charge in [0.25, 0.3) is 0 Å². The van der Waals surface area contributed by atoms with Gasteiger partial charge in [0.05, 0.1) is 23.8 Å². The van der Waals surface area contributed by atoms with Crippen molar-refractivity contribution in [3.63, 3.8) is 0 Å². The van der Waals surface area contributed by atoms with E-state index >= 15 is 0 Å². The molecule has 0 aliphatic carbocycles. The van der Waals surface area contributed by atoms with E-state index in [4.69, 9.17) is 4.42 Å². The number of hydrogen-bond acceptors (Lipinski definition) is 4. The fourth-order valence-corrected chi connectivity index (χ4v) is 3.50. The van der Waals surface area contributed by atoms with E-state index in [1.165, 1.54) is 18.4 Å². The summed E-state index contributed by atoms with van der Waals surface area (Å²) in [5, 5.41) is 9.47. The van der Waals surface area contributed by atoms with E-state index in [-0.39, 0.29) is 17.4 Å². The summed E-state index contributed by atoms with van der Waals surface area (Å²) in [6.07, 6.45) is 1.52. The highest BCUT2D eigenvalue weighted by atomic mass is 79.9. The highest BCUT2D eigenvalue weighted by Crippen LogP contribution is 2.22. The summed E-state index contributed by atoms with van der Waals surface area (Å²) in [6, 6.07) is 9.11. The first-order valence-electron chi connectivity index (χ1n) is 6.36. The summed E-state index contributed by atoms with van der Waals surface area (Å²) in [7, 11) is -3.70. The van der Waals surface area contributed by atoms with E-state index in [0.29, 0.717) is 5.76 Å². The Morgan fingerprint density at radius 3 is 2.48 bits per heavy atom. The van der Waals surface area contributed by atoms with Crippen LogP contribution in [0.4, 0.5) is 0 Å². The zero-order chi connectivity index (χ0) is 15.5. The Morgan fingerprint density at radius 2 is 1.95 bits per heavy atom. The molecule has 1 heterocycles. The number of benzene rings is 1. The molecule has 0 unspecified atom stereocenters. The third kappa shape index (κ3) is 3.94. The smallest absolute Gasteiger partial charge is 0.240 e. The molecule has 1 aromatic carbocycles. The molecule has 2 N–H and O–H groups in total. The predicted octanol–water partition coefficient (Wildman–Crippen LogP) is 2.49. The number of rotatable bonds is 6. The van der Waals surface area contributed by atoms with Crippen LogP contribution in [0.2, 0.25) is 0 Å². The lowest BCUT2D eigenvalue weighted by Gasteiger charge is -2.21. The summed E-state index contributed by atoms with van der Waals surface area (Å²) < 4.78 is 33.2. The standard InChI is InChI=1S/C14H16BrNO4S/c1-10(14-3-2-8-20-14)13(9-17)16-21(18,19)12-6-4-11(15)5-7-12/h2-8,10,13,16-17H,9H2,1H3/t10-,13+/m0/s1. The Balaban J connectivity index is 2.19. The molecule has 2 aromatic rings. The van der Waals surface area contributed by atoms with Crippen LogP contribution in [-0.2, 0) is 10.0 Å². The molecular weight excluding hydrogens is 358 g/mol. The van der Waals surface area contributed by atoms with E-state index in [0.717, 1.165) is 4.47 Å². The van der Waals surface area contributed by atoms with Gasteiger partial charge in [-0.25, -0.2) is 13.1 Å². The zero-order valence-electron chi connectivity index (χ0n) is 11.4. The van der Waals surface area contributed by atoms with Crippen LogP contribution in [0.3, 0.4) is 0 Å². The van der Waals surface area contributed by atoms with Gasteiger partial charge in [0, 0.05) is 10.4 Å². The van der Waals surface area contributed by atoms with Gasteiger partial charge in [-0.3, -0.25) is 0 Å². The molecule has 0 aliphatic rings. The molecular formula is C14H16BrNO4S. The largest absolute Gasteiger partial charge is 0.469 e. The van der Waals surface area contributed by atoms with Crippen molar-refractivity contribution in [3.8, 4) is 0 Å². The SMILES string of the molecule is C[C@H](c1ccco1)[C@@H](CO)NS(=O)(=O)c1ccc(Br)cc1. The summed E-state index contributed by atoms with van der Waals surface area (Å²) in [5.41, 5.74) is 0. The van der Waals surface area contributed by atoms with Gasteiger partial charge in [-0.15, -0.1) is 0 Å². The van der Waals surface area contributed by atoms with Gasteiger partial charge in [0.1, 0.15) is 5.76 Å². The second kappa shape index (κ2) is 6.74. The van der Waals surface area contributed by atoms with Crippen molar-refractivity contribution in [2.45, 2.75) is 23.8 Å². The number of halogens is 1. The molecule has 1 aromatic heterocycles. The first kappa shape index (κ1) is 16.2. The van der Waals surface area contributed by atoms with Gasteiger partial charge in [0.15, 0.2) is 0 Å². The molecule has 0 saturated heterocycles. The lowest BCUT2D eigenvalue weighted by molar-refractivity contribution is 0.234. The van der Waals surface area contributed by atoms with Crippen LogP contribution < -0.4 is 4.72 Å². The minimum absolute atomic E-state index is 0.149. The summed E-state index contributed by atoms with van der Waals surface area (Å²) >= 11 is 3.26. The van der Waals surface area contributed by atoms with Gasteiger partial charge < -0.3 is 9.52 Å². The van der Waals surface area contributed by atoms with E-state index in [9.17, 15) is 13.5 Å². The van der Waals surface area contributed by atoms with Crippen molar-refractivity contribution in [1.82, 2.24) is 4.72 Å². The minimum Gasteiger partial charge on any atom is -0.469 e. The predicted molar refractivity (Wildman–Crippen MR) is 82.5 cm³/mol. The maximum Gasteiger partial charge on any atom is 0.240 e. The van der Waals surface area contributed by atoms with Crippen LogP contribution in [0, 0.1) is 0 Å². The van der Waals surface area contributed by atoms with Crippen molar-refractivity contribution in [3.05, 3.63) is 52.9 Å². The summed E-state index contributed by atoms with van der Waals surface area (Å²) in [4.78, 5) is 0.149. The number of furan rings is 1. The highest BCUT2D eigenvalue weighted by Gasteiger charge is 2.26. The molecule has 114 valence electrons. The fraction of sp³-hybridized carbons (Fsp3) is 0.286. The molecule has 2 rings (SSSR count). The molecule has 0 aliphatic heterocycles. The number of aliphatic hydroxyl groups is 1. The van der Waals surface area contributed by atoms with E-state index in [1.807, 2.05) is 0 Å². The topological polar surface area (TPSA) is 79.5 Å². The number of sulfonamides is 1. The van der Waals surface area contributed by atoms with E-state index < -0.39 is 16.1 Å². The number of hydrogen-bond donors (Lipinski definition) is 2. The lowest BCUT2D eigenvalue weighted by Crippen LogP contribution is -2.40. The molecule has 0 spiro atoms. The van der Waals surface area contributed by atoms with Gasteiger partial charge in [0.2, 0.25) is 10.0 Å². The quantitative estimate of drug-likeness (QED) is 0.814. The zero-order valence-corrected chi connectivity index (χ0v) is 13.8. The van der Waals surface area contributed by atoms with Crippen molar-refractivity contribution in [1.29, 1.82) is 0 Å². The second-order valence-electron chi connectivity index (χ2n) is 4.67. The Bertz CT molecular complexity index is 668. The van der Waals surface area contributed by atoms with Gasteiger partial charge in [-0.2, -0.15) is 0 Å². The normalized spacial score (nSPS) is 14.8. The second-order valence-corrected chi connectivity index (χ2v) is 7.30. The maximum absolute atomic E-state index is 12.3. The molecule has 0 fully saturated rings. The van der Waals surface area contributed by atoms with Crippen molar-refractivity contribution in [2.24, 2.45) is 0 Å². The average molecular weight is 374 g/mol. The molecule has 7 heteroatoms. The van der Waals surface area contributed by atoms with Gasteiger partial charge >= 0.3 is 0 Å². The first-order valence-corrected chi connectivity index (χ1v) is 8.64. The van der Waals surface area contributed by atoms with Crippen LogP contribution in [0.15, 0.2) is 56.4 Å². The Hall–Kier alpha value is -1.15. The average Bonchev–Trinajstić information content (AvgIpc) is 2.98. The summed E-state index contributed by atoms with van der Waals surface area (Å²) in [5.74, 6) is 0.336. The Kier molecular flexibility index (Phi) is 5.21. The third-order valence-electron chi connectivity index (χ3n) is 3.22. The fourth-order valence-electron chi connectivity index (χ4n) is 1.93. The molecule has 2 atom stereocenters. The highest BCUT2D eigenvalue weighted by molar-refractivity contribution is 9.10. The van der Waals surface area contributed by atoms with Crippen LogP contribution in [0.1, 0.15) is 18.6 Å². The van der Waals surface area contributed by atoms with Crippen LogP contribution in [-0.4, -0.2) is 26.2 Å². The van der Waals surface area contributed by atoms with Crippen LogP contribution in [0.25, 0.3) is 0 Å². The van der Waals surface area contributed by atoms with Crippen molar-refractivity contribution >= 4 is 26.0 Å². The van der Waals surface area contributed by atoms with Gasteiger partial charge in [-0.05, 0) is 36.4 Å². The minimum atomic E-state index is -3.70. The van der Waals surface area contributed by atoms with Crippen molar-refractivity contribution in [2.75, 3.05) is 6.61 Å². The molecule has 21 heavy (non-hydrogen) atoms. The molecule has 0 amide bonds. The Morgan fingerprint density at radius 1 is 1.29 bits per heavy atom. The number of aliphatic hydroxyl groups excluding tert-OH is 1. The third-order valence-corrected chi connectivity index (χ3v) is 5.26. The number of nitrogens with one attached hydrogen (secondary N) is 1. The summed E-state index contributed by atoms with van der Waals surface area (Å²) in [6.45, 7) is 1.47. The van der Waals surface area contributed by atoms with Crippen LogP contribution in [0.5, 0.6) is 0 Å². The lowest BCUT2D eigenvalue weighted by atomic mass is 10.0. The monoisotopic (exact) mass is 373 g/mol. The Labute approximate surface area is 132 Å². The van der Waals surface area contributed by atoms with Gasteiger partial charge in [-0.1, -0.05) is 22.9 Å². The molecule has 0 saturated carbocycles. The molecule has 0 radical (unpaired) electrons.